The van der Waals surface area contributed by atoms with E-state index in [0.29, 0.717) is 12.1 Å². The van der Waals surface area contributed by atoms with Gasteiger partial charge in [0.25, 0.3) is 5.91 Å². The van der Waals surface area contributed by atoms with Crippen LogP contribution in [0.1, 0.15) is 36.0 Å². The number of nitrogens with zero attached hydrogens (tertiary/aromatic N) is 2. The summed E-state index contributed by atoms with van der Waals surface area (Å²) in [6.07, 6.45) is 9.81. The average Bonchev–Trinajstić information content (AvgIpc) is 2.73. The molecule has 0 unspecified atom stereocenters. The number of aromatic nitrogens is 1. The van der Waals surface area contributed by atoms with Gasteiger partial charge in [0.2, 0.25) is 0 Å². The van der Waals surface area contributed by atoms with Crippen molar-refractivity contribution in [3.8, 4) is 0 Å². The van der Waals surface area contributed by atoms with Crippen LogP contribution in [0.5, 0.6) is 0 Å². The minimum atomic E-state index is 0.0941. The second kappa shape index (κ2) is 6.92. The Morgan fingerprint density at radius 1 is 1.32 bits per heavy atom. The van der Waals surface area contributed by atoms with Crippen molar-refractivity contribution >= 4 is 11.6 Å². The highest BCUT2D eigenvalue weighted by Crippen LogP contribution is 2.15. The van der Waals surface area contributed by atoms with Crippen molar-refractivity contribution in [1.82, 2.24) is 9.88 Å². The van der Waals surface area contributed by atoms with Crippen molar-refractivity contribution in [2.75, 3.05) is 25.0 Å². The number of hydrogen-bond donors (Lipinski definition) is 1. The molecule has 0 aliphatic carbocycles. The number of carbonyl (C=O) groups is 1. The van der Waals surface area contributed by atoms with Gasteiger partial charge < -0.3 is 10.2 Å². The Morgan fingerprint density at radius 2 is 2.05 bits per heavy atom. The molecule has 4 heteroatoms. The number of carbonyl (C=O) groups excluding carboxylic acids is 1. The summed E-state index contributed by atoms with van der Waals surface area (Å²) in [5.74, 6) is 0.0941. The zero-order valence-electron chi connectivity index (χ0n) is 11.3. The van der Waals surface area contributed by atoms with Gasteiger partial charge in [-0.3, -0.25) is 9.78 Å². The number of pyridine rings is 1. The highest BCUT2D eigenvalue weighted by Gasteiger charge is 2.17. The van der Waals surface area contributed by atoms with Gasteiger partial charge in [-0.2, -0.15) is 0 Å². The Kier molecular flexibility index (Phi) is 4.95. The third kappa shape index (κ3) is 3.81. The van der Waals surface area contributed by atoms with Crippen LogP contribution in [0, 0.1) is 0 Å². The molecule has 0 radical (unpaired) electrons. The molecule has 0 spiro atoms. The maximum Gasteiger partial charge on any atom is 0.255 e. The number of amides is 1. The SMILES string of the molecule is C=CCNc1cncc(C(=O)N2CCCCCC2)c1. The Hall–Kier alpha value is -1.84. The summed E-state index contributed by atoms with van der Waals surface area (Å²) in [6.45, 7) is 6.06. The Labute approximate surface area is 114 Å². The summed E-state index contributed by atoms with van der Waals surface area (Å²) in [5.41, 5.74) is 1.52. The van der Waals surface area contributed by atoms with Crippen molar-refractivity contribution in [2.45, 2.75) is 25.7 Å². The lowest BCUT2D eigenvalue weighted by molar-refractivity contribution is 0.0761. The van der Waals surface area contributed by atoms with E-state index in [4.69, 9.17) is 0 Å². The first-order valence-electron chi connectivity index (χ1n) is 6.90. The highest BCUT2D eigenvalue weighted by atomic mass is 16.2. The van der Waals surface area contributed by atoms with Gasteiger partial charge in [0.15, 0.2) is 0 Å². The van der Waals surface area contributed by atoms with Gasteiger partial charge >= 0.3 is 0 Å². The van der Waals surface area contributed by atoms with Gasteiger partial charge in [0.05, 0.1) is 11.3 Å². The molecule has 2 rings (SSSR count). The molecule has 0 bridgehead atoms. The average molecular weight is 259 g/mol. The van der Waals surface area contributed by atoms with E-state index in [2.05, 4.69) is 16.9 Å². The minimum Gasteiger partial charge on any atom is -0.380 e. The van der Waals surface area contributed by atoms with E-state index in [1.54, 1.807) is 18.5 Å². The lowest BCUT2D eigenvalue weighted by Gasteiger charge is -2.20. The molecule has 0 atom stereocenters. The number of hydrogen-bond acceptors (Lipinski definition) is 3. The smallest absolute Gasteiger partial charge is 0.255 e. The lowest BCUT2D eigenvalue weighted by atomic mass is 10.2. The zero-order chi connectivity index (χ0) is 13.5. The van der Waals surface area contributed by atoms with Crippen LogP contribution in [0.25, 0.3) is 0 Å². The fourth-order valence-corrected chi connectivity index (χ4v) is 2.30. The van der Waals surface area contributed by atoms with Gasteiger partial charge in [0, 0.05) is 32.0 Å². The summed E-state index contributed by atoms with van der Waals surface area (Å²) in [5, 5.41) is 3.15. The molecular weight excluding hydrogens is 238 g/mol. The molecule has 19 heavy (non-hydrogen) atoms. The third-order valence-electron chi connectivity index (χ3n) is 3.33. The number of rotatable bonds is 4. The van der Waals surface area contributed by atoms with Gasteiger partial charge in [-0.25, -0.2) is 0 Å². The van der Waals surface area contributed by atoms with Crippen molar-refractivity contribution in [3.05, 3.63) is 36.7 Å². The standard InChI is InChI=1S/C15H21N3O/c1-2-7-17-14-10-13(11-16-12-14)15(19)18-8-5-3-4-6-9-18/h2,10-12,17H,1,3-9H2. The highest BCUT2D eigenvalue weighted by molar-refractivity contribution is 5.94. The first kappa shape index (κ1) is 13.6. The maximum atomic E-state index is 12.4. The predicted molar refractivity (Wildman–Crippen MR) is 77.3 cm³/mol. The molecule has 1 N–H and O–H groups in total. The van der Waals surface area contributed by atoms with E-state index < -0.39 is 0 Å². The van der Waals surface area contributed by atoms with Crippen LogP contribution in [-0.2, 0) is 0 Å². The second-order valence-corrected chi connectivity index (χ2v) is 4.84. The van der Waals surface area contributed by atoms with E-state index in [1.165, 1.54) is 12.8 Å². The molecule has 0 aromatic carbocycles. The van der Waals surface area contributed by atoms with Gasteiger partial charge in [0.1, 0.15) is 0 Å². The summed E-state index contributed by atoms with van der Waals surface area (Å²) in [7, 11) is 0. The van der Waals surface area contributed by atoms with E-state index in [1.807, 2.05) is 11.0 Å². The Balaban J connectivity index is 2.06. The number of anilines is 1. The quantitative estimate of drug-likeness (QED) is 0.846. The van der Waals surface area contributed by atoms with Gasteiger partial charge in [-0.05, 0) is 18.9 Å². The minimum absolute atomic E-state index is 0.0941. The lowest BCUT2D eigenvalue weighted by Crippen LogP contribution is -2.31. The van der Waals surface area contributed by atoms with Crippen LogP contribution in [0.3, 0.4) is 0 Å². The fourth-order valence-electron chi connectivity index (χ4n) is 2.30. The summed E-state index contributed by atoms with van der Waals surface area (Å²) < 4.78 is 0. The fraction of sp³-hybridized carbons (Fsp3) is 0.467. The monoisotopic (exact) mass is 259 g/mol. The van der Waals surface area contributed by atoms with Gasteiger partial charge in [-0.1, -0.05) is 18.9 Å². The van der Waals surface area contributed by atoms with E-state index >= 15 is 0 Å². The topological polar surface area (TPSA) is 45.2 Å². The molecule has 0 saturated carbocycles. The second-order valence-electron chi connectivity index (χ2n) is 4.84. The van der Waals surface area contributed by atoms with Crippen molar-refractivity contribution in [3.63, 3.8) is 0 Å². The number of nitrogens with one attached hydrogen (secondary N) is 1. The van der Waals surface area contributed by atoms with Crippen LogP contribution in [-0.4, -0.2) is 35.4 Å². The molecule has 1 fully saturated rings. The van der Waals surface area contributed by atoms with E-state index in [9.17, 15) is 4.79 Å². The van der Waals surface area contributed by atoms with Crippen LogP contribution in [0.2, 0.25) is 0 Å². The summed E-state index contributed by atoms with van der Waals surface area (Å²) in [6, 6.07) is 1.86. The van der Waals surface area contributed by atoms with E-state index in [0.717, 1.165) is 31.6 Å². The molecular formula is C15H21N3O. The van der Waals surface area contributed by atoms with Gasteiger partial charge in [-0.15, -0.1) is 6.58 Å². The molecule has 4 nitrogen and oxygen atoms in total. The largest absolute Gasteiger partial charge is 0.380 e. The molecule has 1 aromatic heterocycles. The third-order valence-corrected chi connectivity index (χ3v) is 3.33. The van der Waals surface area contributed by atoms with Crippen LogP contribution in [0.15, 0.2) is 31.1 Å². The molecule has 1 aliphatic heterocycles. The molecule has 1 aromatic rings. The van der Waals surface area contributed by atoms with Crippen molar-refractivity contribution in [2.24, 2.45) is 0 Å². The number of likely N-dealkylation sites (tertiary alicyclic amines) is 1. The molecule has 1 saturated heterocycles. The summed E-state index contributed by atoms with van der Waals surface area (Å²) >= 11 is 0. The van der Waals surface area contributed by atoms with Crippen molar-refractivity contribution < 1.29 is 4.79 Å². The molecule has 1 aliphatic rings. The van der Waals surface area contributed by atoms with Crippen LogP contribution >= 0.6 is 0 Å². The predicted octanol–water partition coefficient (Wildman–Crippen LogP) is 2.70. The molecule has 2 heterocycles. The maximum absolute atomic E-state index is 12.4. The summed E-state index contributed by atoms with van der Waals surface area (Å²) in [4.78, 5) is 18.5. The molecule has 1 amide bonds. The zero-order valence-corrected chi connectivity index (χ0v) is 11.3. The first-order chi connectivity index (χ1) is 9.31. The van der Waals surface area contributed by atoms with E-state index in [-0.39, 0.29) is 5.91 Å². The van der Waals surface area contributed by atoms with Crippen LogP contribution < -0.4 is 5.32 Å². The van der Waals surface area contributed by atoms with Crippen molar-refractivity contribution in [1.29, 1.82) is 0 Å². The molecule has 102 valence electrons. The Morgan fingerprint density at radius 3 is 2.74 bits per heavy atom. The Bertz CT molecular complexity index is 437. The normalized spacial score (nSPS) is 15.7. The first-order valence-corrected chi connectivity index (χ1v) is 6.90. The van der Waals surface area contributed by atoms with Crippen LogP contribution in [0.4, 0.5) is 5.69 Å².